The lowest BCUT2D eigenvalue weighted by atomic mass is 9.99. The highest BCUT2D eigenvalue weighted by atomic mass is 16.6. The average Bonchev–Trinajstić information content (AvgIpc) is 2.30. The van der Waals surface area contributed by atoms with Crippen molar-refractivity contribution >= 4 is 5.97 Å². The summed E-state index contributed by atoms with van der Waals surface area (Å²) in [5.41, 5.74) is 0. The first-order valence-corrected chi connectivity index (χ1v) is 5.79. The second-order valence-corrected chi connectivity index (χ2v) is 3.80. The maximum Gasteiger partial charge on any atom is 0.309 e. The zero-order valence-corrected chi connectivity index (χ0v) is 9.46. The van der Waals surface area contributed by atoms with E-state index in [4.69, 9.17) is 9.47 Å². The molecule has 0 saturated carbocycles. The molecule has 0 aliphatic carbocycles. The van der Waals surface area contributed by atoms with Gasteiger partial charge < -0.3 is 14.8 Å². The maximum atomic E-state index is 11.5. The zero-order chi connectivity index (χ0) is 10.9. The first kappa shape index (κ1) is 12.5. The second kappa shape index (κ2) is 7.65. The van der Waals surface area contributed by atoms with Gasteiger partial charge in [0.1, 0.15) is 6.61 Å². The first-order valence-electron chi connectivity index (χ1n) is 5.79. The molecule has 1 N–H and O–H groups in total. The van der Waals surface area contributed by atoms with Gasteiger partial charge in [0.05, 0.1) is 12.5 Å². The normalized spacial score (nSPS) is 17.7. The van der Waals surface area contributed by atoms with Crippen LogP contribution in [0.15, 0.2) is 0 Å². The predicted molar refractivity (Wildman–Crippen MR) is 57.7 cm³/mol. The van der Waals surface area contributed by atoms with Crippen molar-refractivity contribution in [1.82, 2.24) is 5.32 Å². The van der Waals surface area contributed by atoms with Crippen LogP contribution in [0.25, 0.3) is 0 Å². The van der Waals surface area contributed by atoms with Gasteiger partial charge in [0, 0.05) is 6.61 Å². The van der Waals surface area contributed by atoms with Crippen molar-refractivity contribution in [1.29, 1.82) is 0 Å². The van der Waals surface area contributed by atoms with E-state index in [0.29, 0.717) is 13.2 Å². The van der Waals surface area contributed by atoms with Crippen molar-refractivity contribution in [2.24, 2.45) is 5.92 Å². The van der Waals surface area contributed by atoms with Crippen LogP contribution in [0.4, 0.5) is 0 Å². The molecule has 4 heteroatoms. The minimum absolute atomic E-state index is 0.0587. The first-order chi connectivity index (χ1) is 7.34. The number of carbonyl (C=O) groups is 1. The highest BCUT2D eigenvalue weighted by Crippen LogP contribution is 2.12. The van der Waals surface area contributed by atoms with E-state index in [-0.39, 0.29) is 11.9 Å². The maximum absolute atomic E-state index is 11.5. The van der Waals surface area contributed by atoms with Crippen LogP contribution < -0.4 is 5.32 Å². The van der Waals surface area contributed by atoms with Crippen molar-refractivity contribution in [3.63, 3.8) is 0 Å². The Kier molecular flexibility index (Phi) is 6.36. The van der Waals surface area contributed by atoms with E-state index >= 15 is 0 Å². The van der Waals surface area contributed by atoms with Crippen molar-refractivity contribution in [3.05, 3.63) is 0 Å². The van der Waals surface area contributed by atoms with Crippen molar-refractivity contribution in [2.75, 3.05) is 32.9 Å². The van der Waals surface area contributed by atoms with Crippen LogP contribution in [0, 0.1) is 5.92 Å². The Labute approximate surface area is 91.3 Å². The molecule has 0 unspecified atom stereocenters. The van der Waals surface area contributed by atoms with Gasteiger partial charge in [-0.25, -0.2) is 0 Å². The molecule has 4 nitrogen and oxygen atoms in total. The third kappa shape index (κ3) is 5.14. The number of esters is 1. The Morgan fingerprint density at radius 2 is 2.00 bits per heavy atom. The average molecular weight is 215 g/mol. The Morgan fingerprint density at radius 1 is 1.27 bits per heavy atom. The van der Waals surface area contributed by atoms with E-state index in [2.05, 4.69) is 12.2 Å². The summed E-state index contributed by atoms with van der Waals surface area (Å²) in [5, 5.41) is 3.22. The summed E-state index contributed by atoms with van der Waals surface area (Å²) in [7, 11) is 0. The number of carbonyl (C=O) groups excluding carboxylic acids is 1. The number of rotatable bonds is 6. The number of piperidine rings is 1. The summed E-state index contributed by atoms with van der Waals surface area (Å²) < 4.78 is 10.4. The van der Waals surface area contributed by atoms with Gasteiger partial charge in [-0.1, -0.05) is 6.92 Å². The highest BCUT2D eigenvalue weighted by Gasteiger charge is 2.21. The monoisotopic (exact) mass is 215 g/mol. The summed E-state index contributed by atoms with van der Waals surface area (Å²) in [6.07, 6.45) is 2.80. The quantitative estimate of drug-likeness (QED) is 0.529. The number of ether oxygens (including phenoxy) is 2. The van der Waals surface area contributed by atoms with Crippen LogP contribution in [0.5, 0.6) is 0 Å². The van der Waals surface area contributed by atoms with Crippen LogP contribution in [-0.2, 0) is 14.3 Å². The van der Waals surface area contributed by atoms with Gasteiger partial charge in [-0.05, 0) is 32.4 Å². The lowest BCUT2D eigenvalue weighted by Crippen LogP contribution is -2.33. The van der Waals surface area contributed by atoms with Crippen LogP contribution >= 0.6 is 0 Å². The molecule has 15 heavy (non-hydrogen) atoms. The predicted octanol–water partition coefficient (Wildman–Crippen LogP) is 0.956. The van der Waals surface area contributed by atoms with Crippen LogP contribution in [0.3, 0.4) is 0 Å². The summed E-state index contributed by atoms with van der Waals surface area (Å²) in [5.74, 6) is 0.0361. The van der Waals surface area contributed by atoms with E-state index in [1.54, 1.807) is 0 Å². The summed E-state index contributed by atoms with van der Waals surface area (Å²) in [4.78, 5) is 11.5. The molecule has 0 atom stereocenters. The number of hydrogen-bond acceptors (Lipinski definition) is 4. The molecular weight excluding hydrogens is 194 g/mol. The molecule has 0 radical (unpaired) electrons. The number of nitrogens with one attached hydrogen (secondary N) is 1. The highest BCUT2D eigenvalue weighted by molar-refractivity contribution is 5.72. The Morgan fingerprint density at radius 3 is 2.67 bits per heavy atom. The van der Waals surface area contributed by atoms with Crippen molar-refractivity contribution < 1.29 is 14.3 Å². The minimum Gasteiger partial charge on any atom is -0.463 e. The Balaban J connectivity index is 2.02. The second-order valence-electron chi connectivity index (χ2n) is 3.80. The molecule has 88 valence electrons. The summed E-state index contributed by atoms with van der Waals surface area (Å²) in [6.45, 7) is 5.55. The van der Waals surface area contributed by atoms with Gasteiger partial charge in [0.2, 0.25) is 0 Å². The molecule has 0 aromatic carbocycles. The van der Waals surface area contributed by atoms with Gasteiger partial charge >= 0.3 is 5.97 Å². The summed E-state index contributed by atoms with van der Waals surface area (Å²) >= 11 is 0. The van der Waals surface area contributed by atoms with Crippen LogP contribution in [-0.4, -0.2) is 38.9 Å². The molecule has 0 bridgehead atoms. The van der Waals surface area contributed by atoms with Gasteiger partial charge in [-0.15, -0.1) is 0 Å². The molecule has 1 aliphatic heterocycles. The van der Waals surface area contributed by atoms with E-state index in [1.165, 1.54) is 0 Å². The third-order valence-corrected chi connectivity index (χ3v) is 2.49. The standard InChI is InChI=1S/C11H21NO3/c1-2-7-14-8-9-15-11(13)10-3-5-12-6-4-10/h10,12H,2-9H2,1H3. The fourth-order valence-corrected chi connectivity index (χ4v) is 1.62. The fourth-order valence-electron chi connectivity index (χ4n) is 1.62. The van der Waals surface area contributed by atoms with Gasteiger partial charge in [0.25, 0.3) is 0 Å². The van der Waals surface area contributed by atoms with Crippen molar-refractivity contribution in [3.8, 4) is 0 Å². The topological polar surface area (TPSA) is 47.6 Å². The van der Waals surface area contributed by atoms with Gasteiger partial charge in [0.15, 0.2) is 0 Å². The molecule has 1 saturated heterocycles. The van der Waals surface area contributed by atoms with E-state index in [1.807, 2.05) is 0 Å². The van der Waals surface area contributed by atoms with Crippen LogP contribution in [0.2, 0.25) is 0 Å². The lowest BCUT2D eigenvalue weighted by molar-refractivity contribution is -0.151. The zero-order valence-electron chi connectivity index (χ0n) is 9.46. The smallest absolute Gasteiger partial charge is 0.309 e. The van der Waals surface area contributed by atoms with E-state index in [9.17, 15) is 4.79 Å². The third-order valence-electron chi connectivity index (χ3n) is 2.49. The van der Waals surface area contributed by atoms with E-state index in [0.717, 1.165) is 39.0 Å². The molecule has 1 heterocycles. The number of hydrogen-bond donors (Lipinski definition) is 1. The minimum atomic E-state index is -0.0587. The lowest BCUT2D eigenvalue weighted by Gasteiger charge is -2.20. The molecule has 0 aromatic heterocycles. The SMILES string of the molecule is CCCOCCOC(=O)C1CCNCC1. The van der Waals surface area contributed by atoms with Gasteiger partial charge in [-0.3, -0.25) is 4.79 Å². The van der Waals surface area contributed by atoms with Gasteiger partial charge in [-0.2, -0.15) is 0 Å². The molecule has 0 aromatic rings. The van der Waals surface area contributed by atoms with Crippen LogP contribution in [0.1, 0.15) is 26.2 Å². The Hall–Kier alpha value is -0.610. The molecule has 1 fully saturated rings. The Bertz CT molecular complexity index is 179. The van der Waals surface area contributed by atoms with E-state index < -0.39 is 0 Å². The molecule has 1 aliphatic rings. The fraction of sp³-hybridized carbons (Fsp3) is 0.909. The molecular formula is C11H21NO3. The largest absolute Gasteiger partial charge is 0.463 e. The van der Waals surface area contributed by atoms with Crippen molar-refractivity contribution in [2.45, 2.75) is 26.2 Å². The molecule has 0 amide bonds. The molecule has 1 rings (SSSR count). The summed E-state index contributed by atoms with van der Waals surface area (Å²) in [6, 6.07) is 0. The molecule has 0 spiro atoms.